The lowest BCUT2D eigenvalue weighted by Gasteiger charge is -2.24. The van der Waals surface area contributed by atoms with Crippen molar-refractivity contribution in [2.75, 3.05) is 6.61 Å². The molecule has 1 aliphatic heterocycles. The molecule has 0 saturated carbocycles. The maximum absolute atomic E-state index is 13.5. The van der Waals surface area contributed by atoms with E-state index in [9.17, 15) is 9.59 Å². The van der Waals surface area contributed by atoms with Gasteiger partial charge in [-0.05, 0) is 50.1 Å². The molecule has 7 heteroatoms. The number of aromatic nitrogens is 1. The lowest BCUT2D eigenvalue weighted by atomic mass is 9.95. The molecule has 0 bridgehead atoms. The summed E-state index contributed by atoms with van der Waals surface area (Å²) >= 11 is 7.39. The predicted octanol–water partition coefficient (Wildman–Crippen LogP) is 3.76. The number of thiazole rings is 1. The van der Waals surface area contributed by atoms with Gasteiger partial charge in [-0.3, -0.25) is 9.36 Å². The number of benzene rings is 2. The fourth-order valence-corrected chi connectivity index (χ4v) is 4.85. The molecule has 31 heavy (non-hydrogen) atoms. The molecule has 0 radical (unpaired) electrons. The highest BCUT2D eigenvalue weighted by Crippen LogP contribution is 2.30. The summed E-state index contributed by atoms with van der Waals surface area (Å²) in [5.74, 6) is -0.460. The van der Waals surface area contributed by atoms with Crippen molar-refractivity contribution in [3.8, 4) is 0 Å². The average molecular weight is 453 g/mol. The van der Waals surface area contributed by atoms with Crippen LogP contribution in [0.15, 0.2) is 69.6 Å². The third-order valence-electron chi connectivity index (χ3n) is 5.06. The van der Waals surface area contributed by atoms with Crippen LogP contribution in [-0.2, 0) is 9.53 Å². The number of halogens is 1. The van der Waals surface area contributed by atoms with E-state index in [-0.39, 0.29) is 12.2 Å². The second-order valence-corrected chi connectivity index (χ2v) is 8.71. The Kier molecular flexibility index (Phi) is 5.94. The molecule has 1 aromatic heterocycles. The van der Waals surface area contributed by atoms with Crippen molar-refractivity contribution in [2.24, 2.45) is 4.99 Å². The number of rotatable bonds is 4. The highest BCUT2D eigenvalue weighted by molar-refractivity contribution is 7.07. The Labute approximate surface area is 188 Å². The van der Waals surface area contributed by atoms with Crippen LogP contribution in [0, 0.1) is 6.92 Å². The van der Waals surface area contributed by atoms with E-state index in [4.69, 9.17) is 16.3 Å². The number of fused-ring (bicyclic) bond motifs is 1. The largest absolute Gasteiger partial charge is 0.463 e. The van der Waals surface area contributed by atoms with Gasteiger partial charge in [-0.15, -0.1) is 0 Å². The van der Waals surface area contributed by atoms with Crippen molar-refractivity contribution < 1.29 is 9.53 Å². The number of nitrogens with zero attached hydrogens (tertiary/aromatic N) is 2. The average Bonchev–Trinajstić information content (AvgIpc) is 3.02. The monoisotopic (exact) mass is 452 g/mol. The molecule has 5 nitrogen and oxygen atoms in total. The van der Waals surface area contributed by atoms with Gasteiger partial charge in [0.1, 0.15) is 0 Å². The van der Waals surface area contributed by atoms with Crippen LogP contribution in [0.2, 0.25) is 5.02 Å². The molecule has 0 fully saturated rings. The van der Waals surface area contributed by atoms with Crippen LogP contribution in [0.1, 0.15) is 36.6 Å². The van der Waals surface area contributed by atoms with E-state index in [1.165, 1.54) is 11.3 Å². The Morgan fingerprint density at radius 2 is 1.97 bits per heavy atom. The molecular formula is C24H21ClN2O3S. The predicted molar refractivity (Wildman–Crippen MR) is 123 cm³/mol. The number of carbonyl (C=O) groups is 1. The number of esters is 1. The number of hydrogen-bond donors (Lipinski definition) is 0. The van der Waals surface area contributed by atoms with Gasteiger partial charge in [0.15, 0.2) is 4.80 Å². The molecule has 1 aliphatic rings. The van der Waals surface area contributed by atoms with Gasteiger partial charge < -0.3 is 4.74 Å². The Bertz CT molecular complexity index is 1370. The van der Waals surface area contributed by atoms with Gasteiger partial charge in [0.05, 0.1) is 28.5 Å². The van der Waals surface area contributed by atoms with Gasteiger partial charge in [0.25, 0.3) is 5.56 Å². The number of carbonyl (C=O) groups excluding carboxylic acids is 1. The van der Waals surface area contributed by atoms with Gasteiger partial charge in [-0.1, -0.05) is 64.9 Å². The van der Waals surface area contributed by atoms with Crippen LogP contribution in [0.5, 0.6) is 0 Å². The summed E-state index contributed by atoms with van der Waals surface area (Å²) < 4.78 is 7.42. The Hall–Kier alpha value is -2.96. The van der Waals surface area contributed by atoms with E-state index in [1.807, 2.05) is 43.3 Å². The summed E-state index contributed by atoms with van der Waals surface area (Å²) in [6.07, 6.45) is 1.80. The zero-order chi connectivity index (χ0) is 22.1. The van der Waals surface area contributed by atoms with Gasteiger partial charge in [-0.2, -0.15) is 0 Å². The number of aryl methyl sites for hydroxylation is 1. The lowest BCUT2D eigenvalue weighted by molar-refractivity contribution is -0.139. The summed E-state index contributed by atoms with van der Waals surface area (Å²) in [5.41, 5.74) is 3.48. The van der Waals surface area contributed by atoms with Crippen LogP contribution in [-0.4, -0.2) is 17.1 Å². The second kappa shape index (κ2) is 8.65. The first-order chi connectivity index (χ1) is 14.9. The highest BCUT2D eigenvalue weighted by atomic mass is 35.5. The number of allylic oxidation sites excluding steroid dienone is 1. The molecule has 0 amide bonds. The third kappa shape index (κ3) is 4.13. The molecule has 1 unspecified atom stereocenters. The Morgan fingerprint density at radius 3 is 2.65 bits per heavy atom. The molecule has 4 rings (SSSR count). The summed E-state index contributed by atoms with van der Waals surface area (Å²) in [4.78, 5) is 31.4. The Balaban J connectivity index is 1.96. The molecule has 0 spiro atoms. The van der Waals surface area contributed by atoms with Gasteiger partial charge in [0, 0.05) is 5.02 Å². The van der Waals surface area contributed by atoms with Crippen molar-refractivity contribution in [3.63, 3.8) is 0 Å². The van der Waals surface area contributed by atoms with Crippen molar-refractivity contribution in [1.82, 2.24) is 4.57 Å². The van der Waals surface area contributed by atoms with E-state index in [1.54, 1.807) is 36.6 Å². The standard InChI is InChI=1S/C24H21ClN2O3S/c1-4-30-23(29)20-15(3)26-24-27(21(20)17-10-8-14(2)9-11-17)22(28)19(31-24)13-16-6-5-7-18(25)12-16/h5-13,21H,4H2,1-3H3/b19-13+. The van der Waals surface area contributed by atoms with Crippen LogP contribution >= 0.6 is 22.9 Å². The molecule has 0 aliphatic carbocycles. The van der Waals surface area contributed by atoms with Crippen LogP contribution in [0.3, 0.4) is 0 Å². The molecule has 2 heterocycles. The van der Waals surface area contributed by atoms with Crippen LogP contribution in [0.25, 0.3) is 6.08 Å². The number of hydrogen-bond acceptors (Lipinski definition) is 5. The van der Waals surface area contributed by atoms with Crippen LogP contribution in [0.4, 0.5) is 0 Å². The van der Waals surface area contributed by atoms with Crippen LogP contribution < -0.4 is 14.9 Å². The summed E-state index contributed by atoms with van der Waals surface area (Å²) in [7, 11) is 0. The maximum Gasteiger partial charge on any atom is 0.338 e. The topological polar surface area (TPSA) is 60.7 Å². The minimum Gasteiger partial charge on any atom is -0.463 e. The summed E-state index contributed by atoms with van der Waals surface area (Å²) in [5, 5.41) is 0.597. The summed E-state index contributed by atoms with van der Waals surface area (Å²) in [6.45, 7) is 5.78. The van der Waals surface area contributed by atoms with Crippen molar-refractivity contribution in [2.45, 2.75) is 26.8 Å². The van der Waals surface area contributed by atoms with Crippen molar-refractivity contribution in [1.29, 1.82) is 0 Å². The van der Waals surface area contributed by atoms with Gasteiger partial charge in [0.2, 0.25) is 0 Å². The molecule has 0 saturated heterocycles. The van der Waals surface area contributed by atoms with Crippen molar-refractivity contribution in [3.05, 3.63) is 101 Å². The second-order valence-electron chi connectivity index (χ2n) is 7.27. The molecule has 0 N–H and O–H groups in total. The minimum absolute atomic E-state index is 0.205. The molecular weight excluding hydrogens is 432 g/mol. The highest BCUT2D eigenvalue weighted by Gasteiger charge is 2.33. The minimum atomic E-state index is -0.600. The van der Waals surface area contributed by atoms with Gasteiger partial charge in [-0.25, -0.2) is 9.79 Å². The number of ether oxygens (including phenoxy) is 1. The normalized spacial score (nSPS) is 16.1. The smallest absolute Gasteiger partial charge is 0.338 e. The zero-order valence-electron chi connectivity index (χ0n) is 17.4. The van der Waals surface area contributed by atoms with Crippen molar-refractivity contribution >= 4 is 35.0 Å². The maximum atomic E-state index is 13.5. The van der Waals surface area contributed by atoms with E-state index in [0.29, 0.717) is 25.6 Å². The SMILES string of the molecule is CCOC(=O)C1=C(C)N=c2s/c(=C/c3cccc(Cl)c3)c(=O)n2C1c1ccc(C)cc1. The van der Waals surface area contributed by atoms with E-state index in [0.717, 1.165) is 16.7 Å². The first kappa shape index (κ1) is 21.3. The van der Waals surface area contributed by atoms with E-state index >= 15 is 0 Å². The zero-order valence-corrected chi connectivity index (χ0v) is 19.0. The summed E-state index contributed by atoms with van der Waals surface area (Å²) in [6, 6.07) is 14.5. The fraction of sp³-hybridized carbons (Fsp3) is 0.208. The lowest BCUT2D eigenvalue weighted by Crippen LogP contribution is -2.39. The Morgan fingerprint density at radius 1 is 1.23 bits per heavy atom. The third-order valence-corrected chi connectivity index (χ3v) is 6.27. The first-order valence-corrected chi connectivity index (χ1v) is 11.1. The van der Waals surface area contributed by atoms with E-state index in [2.05, 4.69) is 4.99 Å². The fourth-order valence-electron chi connectivity index (χ4n) is 3.60. The molecule has 158 valence electrons. The molecule has 3 aromatic rings. The van der Waals surface area contributed by atoms with E-state index < -0.39 is 12.0 Å². The first-order valence-electron chi connectivity index (χ1n) is 9.91. The molecule has 1 atom stereocenters. The quantitative estimate of drug-likeness (QED) is 0.566. The van der Waals surface area contributed by atoms with Gasteiger partial charge >= 0.3 is 5.97 Å². The molecule has 2 aromatic carbocycles.